The van der Waals surface area contributed by atoms with Gasteiger partial charge < -0.3 is 10.2 Å². The molecule has 1 unspecified atom stereocenters. The van der Waals surface area contributed by atoms with E-state index in [2.05, 4.69) is 22.5 Å². The lowest BCUT2D eigenvalue weighted by Crippen LogP contribution is -2.29. The number of unbranched alkanes of at least 4 members (excludes halogenated alkanes) is 1. The molecule has 8 heteroatoms. The van der Waals surface area contributed by atoms with Gasteiger partial charge in [-0.1, -0.05) is 13.3 Å². The van der Waals surface area contributed by atoms with E-state index in [1.54, 1.807) is 29.2 Å². The Morgan fingerprint density at radius 1 is 1.25 bits per heavy atom. The fourth-order valence-electron chi connectivity index (χ4n) is 3.04. The number of aromatic nitrogens is 1. The maximum atomic E-state index is 12.5. The average Bonchev–Trinajstić information content (AvgIpc) is 3.25. The van der Waals surface area contributed by atoms with Gasteiger partial charge in [-0.05, 0) is 37.6 Å². The van der Waals surface area contributed by atoms with Gasteiger partial charge in [0.1, 0.15) is 0 Å². The highest BCUT2D eigenvalue weighted by atomic mass is 32.1. The summed E-state index contributed by atoms with van der Waals surface area (Å²) in [6, 6.07) is 6.68. The third kappa shape index (κ3) is 4.95. The summed E-state index contributed by atoms with van der Waals surface area (Å²) in [5.74, 6) is -0.707. The Labute approximate surface area is 168 Å². The maximum Gasteiger partial charge on any atom is 0.257 e. The second-order valence-corrected chi connectivity index (χ2v) is 7.77. The second-order valence-electron chi connectivity index (χ2n) is 6.91. The van der Waals surface area contributed by atoms with Crippen molar-refractivity contribution in [3.8, 4) is 0 Å². The number of hydrogen-bond donors (Lipinski definition) is 2. The fourth-order valence-corrected chi connectivity index (χ4v) is 3.73. The van der Waals surface area contributed by atoms with E-state index in [1.807, 2.05) is 12.3 Å². The van der Waals surface area contributed by atoms with E-state index < -0.39 is 0 Å². The average molecular weight is 401 g/mol. The predicted molar refractivity (Wildman–Crippen MR) is 109 cm³/mol. The quantitative estimate of drug-likeness (QED) is 0.746. The Balaban J connectivity index is 1.54. The van der Waals surface area contributed by atoms with E-state index in [9.17, 15) is 14.4 Å². The molecule has 0 spiro atoms. The molecule has 1 atom stereocenters. The largest absolute Gasteiger partial charge is 0.342 e. The first kappa shape index (κ1) is 20.0. The third-order valence-corrected chi connectivity index (χ3v) is 5.50. The van der Waals surface area contributed by atoms with Crippen molar-refractivity contribution in [3.05, 3.63) is 40.9 Å². The van der Waals surface area contributed by atoms with Crippen LogP contribution in [0.15, 0.2) is 29.6 Å². The number of amides is 3. The van der Waals surface area contributed by atoms with Gasteiger partial charge in [0, 0.05) is 36.1 Å². The summed E-state index contributed by atoms with van der Waals surface area (Å²) < 4.78 is 0. The first-order valence-electron chi connectivity index (χ1n) is 9.38. The van der Waals surface area contributed by atoms with Gasteiger partial charge >= 0.3 is 0 Å². The Morgan fingerprint density at radius 3 is 2.64 bits per heavy atom. The van der Waals surface area contributed by atoms with Crippen molar-refractivity contribution >= 4 is 39.9 Å². The minimum atomic E-state index is -0.333. The van der Waals surface area contributed by atoms with E-state index >= 15 is 0 Å². The van der Waals surface area contributed by atoms with Gasteiger partial charge in [0.05, 0.1) is 11.6 Å². The molecule has 148 valence electrons. The normalized spacial score (nSPS) is 16.3. The van der Waals surface area contributed by atoms with Crippen molar-refractivity contribution in [2.45, 2.75) is 33.1 Å². The van der Waals surface area contributed by atoms with Crippen LogP contribution in [0.1, 0.15) is 42.2 Å². The van der Waals surface area contributed by atoms with Crippen LogP contribution in [0.4, 0.5) is 10.8 Å². The monoisotopic (exact) mass is 400 g/mol. The highest BCUT2D eigenvalue weighted by molar-refractivity contribution is 7.13. The van der Waals surface area contributed by atoms with Crippen LogP contribution in [0, 0.1) is 12.8 Å². The Morgan fingerprint density at radius 2 is 2.00 bits per heavy atom. The molecule has 1 saturated heterocycles. The zero-order valence-corrected chi connectivity index (χ0v) is 16.8. The van der Waals surface area contributed by atoms with E-state index in [-0.39, 0.29) is 30.1 Å². The maximum absolute atomic E-state index is 12.5. The molecular formula is C20H24N4O3S. The number of thiazole rings is 1. The summed E-state index contributed by atoms with van der Waals surface area (Å²) in [6.07, 6.45) is 2.22. The number of aryl methyl sites for hydroxylation is 1. The number of hydrogen-bond acceptors (Lipinski definition) is 5. The van der Waals surface area contributed by atoms with Crippen molar-refractivity contribution in [2.75, 3.05) is 23.7 Å². The molecule has 3 amide bonds. The molecule has 0 saturated carbocycles. The van der Waals surface area contributed by atoms with E-state index in [4.69, 9.17) is 0 Å². The summed E-state index contributed by atoms with van der Waals surface area (Å²) in [5, 5.41) is 8.01. The summed E-state index contributed by atoms with van der Waals surface area (Å²) in [7, 11) is 0. The molecule has 2 heterocycles. The van der Waals surface area contributed by atoms with E-state index in [1.165, 1.54) is 11.3 Å². The number of carbonyl (C=O) groups is 3. The molecular weight excluding hydrogens is 376 g/mol. The highest BCUT2D eigenvalue weighted by Crippen LogP contribution is 2.21. The molecule has 0 bridgehead atoms. The van der Waals surface area contributed by atoms with Crippen molar-refractivity contribution in [1.82, 2.24) is 9.88 Å². The number of benzene rings is 1. The molecule has 28 heavy (non-hydrogen) atoms. The second kappa shape index (κ2) is 8.97. The van der Waals surface area contributed by atoms with Gasteiger partial charge in [0.15, 0.2) is 5.13 Å². The van der Waals surface area contributed by atoms with Gasteiger partial charge in [-0.15, -0.1) is 11.3 Å². The zero-order valence-electron chi connectivity index (χ0n) is 16.0. The zero-order chi connectivity index (χ0) is 20.1. The number of likely N-dealkylation sites (tertiary alicyclic amines) is 1. The van der Waals surface area contributed by atoms with Crippen LogP contribution in [0.3, 0.4) is 0 Å². The van der Waals surface area contributed by atoms with Crippen LogP contribution in [0.2, 0.25) is 0 Å². The molecule has 3 rings (SSSR count). The minimum Gasteiger partial charge on any atom is -0.342 e. The first-order chi connectivity index (χ1) is 13.5. The van der Waals surface area contributed by atoms with Crippen molar-refractivity contribution in [1.29, 1.82) is 0 Å². The molecule has 1 fully saturated rings. The summed E-state index contributed by atoms with van der Waals surface area (Å²) >= 11 is 1.37. The molecule has 1 aliphatic rings. The van der Waals surface area contributed by atoms with Crippen molar-refractivity contribution in [2.24, 2.45) is 5.92 Å². The van der Waals surface area contributed by atoms with Gasteiger partial charge in [-0.25, -0.2) is 4.98 Å². The lowest BCUT2D eigenvalue weighted by molar-refractivity contribution is -0.128. The molecule has 1 aromatic carbocycles. The Bertz CT molecular complexity index is 863. The van der Waals surface area contributed by atoms with E-state index in [0.29, 0.717) is 29.5 Å². The Hall–Kier alpha value is -2.74. The third-order valence-electron chi connectivity index (χ3n) is 4.62. The molecule has 1 aliphatic heterocycles. The number of nitrogens with one attached hydrogen (secondary N) is 2. The van der Waals surface area contributed by atoms with Crippen LogP contribution >= 0.6 is 11.3 Å². The summed E-state index contributed by atoms with van der Waals surface area (Å²) in [6.45, 7) is 5.12. The minimum absolute atomic E-state index is 0.0399. The molecule has 1 aromatic heterocycles. The van der Waals surface area contributed by atoms with Gasteiger partial charge in [-0.2, -0.15) is 0 Å². The smallest absolute Gasteiger partial charge is 0.257 e. The lowest BCUT2D eigenvalue weighted by Gasteiger charge is -2.16. The fraction of sp³-hybridized carbons (Fsp3) is 0.400. The lowest BCUT2D eigenvalue weighted by atomic mass is 10.1. The van der Waals surface area contributed by atoms with Gasteiger partial charge in [0.2, 0.25) is 11.8 Å². The number of anilines is 2. The predicted octanol–water partition coefficient (Wildman–Crippen LogP) is 3.29. The SMILES string of the molecule is CCCCN1CC(C(=O)Nc2ccc(C(=O)Nc3nc(C)cs3)cc2)CC1=O. The molecule has 0 aliphatic carbocycles. The number of carbonyl (C=O) groups excluding carboxylic acids is 3. The van der Waals surface area contributed by atoms with Crippen molar-refractivity contribution < 1.29 is 14.4 Å². The van der Waals surface area contributed by atoms with Gasteiger partial charge in [-0.3, -0.25) is 19.7 Å². The van der Waals surface area contributed by atoms with Crippen LogP contribution in [0.25, 0.3) is 0 Å². The number of rotatable bonds is 7. The van der Waals surface area contributed by atoms with Crippen LogP contribution in [-0.2, 0) is 9.59 Å². The van der Waals surface area contributed by atoms with Crippen LogP contribution in [-0.4, -0.2) is 40.7 Å². The molecule has 2 aromatic rings. The standard InChI is InChI=1S/C20H24N4O3S/c1-3-4-9-24-11-15(10-17(24)25)19(27)22-16-7-5-14(6-8-16)18(26)23-20-21-13(2)12-28-20/h5-8,12,15H,3-4,9-11H2,1-2H3,(H,22,27)(H,21,23,26). The van der Waals surface area contributed by atoms with Crippen LogP contribution in [0.5, 0.6) is 0 Å². The van der Waals surface area contributed by atoms with Crippen LogP contribution < -0.4 is 10.6 Å². The van der Waals surface area contributed by atoms with Crippen molar-refractivity contribution in [3.63, 3.8) is 0 Å². The van der Waals surface area contributed by atoms with E-state index in [0.717, 1.165) is 18.5 Å². The molecule has 7 nitrogen and oxygen atoms in total. The summed E-state index contributed by atoms with van der Waals surface area (Å²) in [5.41, 5.74) is 1.94. The topological polar surface area (TPSA) is 91.4 Å². The highest BCUT2D eigenvalue weighted by Gasteiger charge is 2.33. The molecule has 0 radical (unpaired) electrons. The summed E-state index contributed by atoms with van der Waals surface area (Å²) in [4.78, 5) is 42.7. The van der Waals surface area contributed by atoms with Gasteiger partial charge in [0.25, 0.3) is 5.91 Å². The molecule has 2 N–H and O–H groups in total. The number of nitrogens with zero attached hydrogens (tertiary/aromatic N) is 2. The Kier molecular flexibility index (Phi) is 6.41. The first-order valence-corrected chi connectivity index (χ1v) is 10.3.